The number of methoxy groups -OCH3 is 1. The molecule has 0 radical (unpaired) electrons. The molecule has 1 aliphatic rings. The van der Waals surface area contributed by atoms with Gasteiger partial charge in [0.1, 0.15) is 5.69 Å². The van der Waals surface area contributed by atoms with Crippen LogP contribution in [0.25, 0.3) is 0 Å². The van der Waals surface area contributed by atoms with E-state index in [1.807, 2.05) is 6.07 Å². The van der Waals surface area contributed by atoms with Crippen molar-refractivity contribution in [1.82, 2.24) is 4.98 Å². The van der Waals surface area contributed by atoms with Crippen LogP contribution in [0.4, 0.5) is 0 Å². The topological polar surface area (TPSA) is 65.5 Å². The second kappa shape index (κ2) is 19.4. The third-order valence-corrected chi connectivity index (χ3v) is 9.20. The first-order chi connectivity index (χ1) is 21.3. The van der Waals surface area contributed by atoms with E-state index >= 15 is 0 Å². The summed E-state index contributed by atoms with van der Waals surface area (Å²) in [6.07, 6.45) is 23.6. The van der Waals surface area contributed by atoms with Crippen molar-refractivity contribution in [3.63, 3.8) is 0 Å². The van der Waals surface area contributed by atoms with Crippen LogP contribution in [0.2, 0.25) is 0 Å². The number of esters is 2. The monoisotopic (exact) mass is 617 g/mol. The molecular weight excluding hydrogens is 566 g/mol. The van der Waals surface area contributed by atoms with Gasteiger partial charge in [-0.2, -0.15) is 0 Å². The number of nitrogens with zero attached hydrogens (tertiary/aromatic N) is 1. The lowest BCUT2D eigenvalue weighted by Gasteiger charge is -2.36. The van der Waals surface area contributed by atoms with E-state index in [1.165, 1.54) is 89.5 Å². The zero-order valence-corrected chi connectivity index (χ0v) is 28.1. The van der Waals surface area contributed by atoms with Crippen LogP contribution in [0.5, 0.6) is 0 Å². The zero-order chi connectivity index (χ0) is 31.6. The van der Waals surface area contributed by atoms with Crippen molar-refractivity contribution in [2.24, 2.45) is 0 Å². The van der Waals surface area contributed by atoms with Crippen LogP contribution in [0, 0.1) is 11.8 Å². The minimum atomic E-state index is -0.418. The molecule has 0 bridgehead atoms. The van der Waals surface area contributed by atoms with Crippen molar-refractivity contribution >= 4 is 23.7 Å². The molecule has 1 aromatic heterocycles. The Hall–Kier alpha value is -3.04. The number of hydrogen-bond donors (Lipinski definition) is 0. The fourth-order valence-electron chi connectivity index (χ4n) is 5.39. The summed E-state index contributed by atoms with van der Waals surface area (Å²) in [5.41, 5.74) is 2.78. The Morgan fingerprint density at radius 1 is 0.932 bits per heavy atom. The lowest BCUT2D eigenvalue weighted by molar-refractivity contribution is -0.145. The van der Waals surface area contributed by atoms with E-state index in [0.717, 1.165) is 29.7 Å². The Morgan fingerprint density at radius 3 is 2.27 bits per heavy atom. The number of pyridine rings is 1. The third-order valence-electron chi connectivity index (χ3n) is 8.07. The second-order valence-corrected chi connectivity index (χ2v) is 13.5. The van der Waals surface area contributed by atoms with Gasteiger partial charge in [0.2, 0.25) is 0 Å². The molecule has 0 saturated carbocycles. The first-order valence-electron chi connectivity index (χ1n) is 16.5. The van der Waals surface area contributed by atoms with Crippen LogP contribution in [0.1, 0.15) is 144 Å². The molecule has 238 valence electrons. The second-order valence-electron chi connectivity index (χ2n) is 12.3. The minimum Gasteiger partial charge on any atom is -0.465 e. The van der Waals surface area contributed by atoms with Gasteiger partial charge < -0.3 is 9.47 Å². The number of ether oxygens (including phenoxy) is 2. The van der Waals surface area contributed by atoms with Gasteiger partial charge in [0.15, 0.2) is 5.44 Å². The van der Waals surface area contributed by atoms with Crippen molar-refractivity contribution in [2.75, 3.05) is 7.11 Å². The number of hydrogen-bond acceptors (Lipinski definition) is 6. The largest absolute Gasteiger partial charge is 0.465 e. The van der Waals surface area contributed by atoms with Crippen LogP contribution >= 0.6 is 11.8 Å². The summed E-state index contributed by atoms with van der Waals surface area (Å²) in [6, 6.07) is 9.58. The van der Waals surface area contributed by atoms with Crippen LogP contribution in [0.15, 0.2) is 53.6 Å². The average molecular weight is 618 g/mol. The van der Waals surface area contributed by atoms with Crippen molar-refractivity contribution < 1.29 is 19.1 Å². The molecule has 0 amide bonds. The fourth-order valence-corrected chi connectivity index (χ4v) is 6.94. The Kier molecular flexibility index (Phi) is 15.6. The highest BCUT2D eigenvalue weighted by atomic mass is 32.2. The number of allylic oxidation sites excluding steroid dienone is 2. The summed E-state index contributed by atoms with van der Waals surface area (Å²) in [6.45, 7) is 6.64. The number of fused-ring (bicyclic) bond motifs is 1. The van der Waals surface area contributed by atoms with Gasteiger partial charge in [-0.1, -0.05) is 108 Å². The molecule has 0 N–H and O–H groups in total. The van der Waals surface area contributed by atoms with Gasteiger partial charge in [-0.05, 0) is 72.9 Å². The Balaban J connectivity index is 1.33. The number of unbranched alkanes of at least 4 members (excludes halogenated alkanes) is 11. The number of rotatable bonds is 17. The van der Waals surface area contributed by atoms with E-state index in [2.05, 4.69) is 61.9 Å². The molecule has 5 nitrogen and oxygen atoms in total. The molecule has 1 aliphatic heterocycles. The van der Waals surface area contributed by atoms with E-state index in [0.29, 0.717) is 17.7 Å². The molecular formula is C38H51NO4S. The van der Waals surface area contributed by atoms with Gasteiger partial charge in [-0.25, -0.2) is 9.78 Å². The van der Waals surface area contributed by atoms with Crippen LogP contribution in [0.3, 0.4) is 0 Å². The molecule has 0 aliphatic carbocycles. The maximum Gasteiger partial charge on any atom is 0.339 e. The normalized spacial score (nSPS) is 15.3. The summed E-state index contributed by atoms with van der Waals surface area (Å²) >= 11 is 1.63. The zero-order valence-electron chi connectivity index (χ0n) is 27.3. The molecule has 0 saturated heterocycles. The first-order valence-corrected chi connectivity index (χ1v) is 17.4. The van der Waals surface area contributed by atoms with Gasteiger partial charge in [-0.15, -0.1) is 0 Å². The Morgan fingerprint density at radius 2 is 1.61 bits per heavy atom. The van der Waals surface area contributed by atoms with Crippen molar-refractivity contribution in [3.05, 3.63) is 71.1 Å². The third kappa shape index (κ3) is 12.5. The molecule has 6 heteroatoms. The molecule has 44 heavy (non-hydrogen) atoms. The number of aromatic nitrogens is 1. The number of thioether (sulfide) groups is 1. The van der Waals surface area contributed by atoms with Gasteiger partial charge in [0.25, 0.3) is 0 Å². The maximum absolute atomic E-state index is 12.6. The number of benzene rings is 1. The summed E-state index contributed by atoms with van der Waals surface area (Å²) < 4.78 is 10.6. The first kappa shape index (κ1) is 35.4. The lowest BCUT2D eigenvalue weighted by Crippen LogP contribution is -2.31. The quantitative estimate of drug-likeness (QED) is 0.0762. The van der Waals surface area contributed by atoms with E-state index in [4.69, 9.17) is 9.47 Å². The Labute approximate surface area is 270 Å². The van der Waals surface area contributed by atoms with E-state index in [9.17, 15) is 9.59 Å². The fraction of sp³-hybridized carbons (Fsp3) is 0.553. The highest BCUT2D eigenvalue weighted by molar-refractivity contribution is 7.99. The van der Waals surface area contributed by atoms with Crippen LogP contribution in [-0.4, -0.2) is 29.5 Å². The number of carbonyl (C=O) groups excluding carboxylic acids is 2. The molecule has 1 unspecified atom stereocenters. The van der Waals surface area contributed by atoms with Crippen molar-refractivity contribution in [2.45, 2.75) is 133 Å². The summed E-state index contributed by atoms with van der Waals surface area (Å²) in [5.74, 6) is 5.77. The molecule has 1 aromatic carbocycles. The van der Waals surface area contributed by atoms with E-state index in [-0.39, 0.29) is 16.8 Å². The number of carbonyl (C=O) groups is 2. The molecule has 2 heterocycles. The van der Waals surface area contributed by atoms with Gasteiger partial charge in [0, 0.05) is 29.5 Å². The van der Waals surface area contributed by atoms with Gasteiger partial charge in [0.05, 0.1) is 12.7 Å². The predicted molar refractivity (Wildman–Crippen MR) is 181 cm³/mol. The van der Waals surface area contributed by atoms with Gasteiger partial charge in [-0.3, -0.25) is 4.79 Å². The van der Waals surface area contributed by atoms with E-state index < -0.39 is 5.97 Å². The highest BCUT2D eigenvalue weighted by Crippen LogP contribution is 2.46. The van der Waals surface area contributed by atoms with Crippen molar-refractivity contribution in [3.8, 4) is 11.8 Å². The maximum atomic E-state index is 12.6. The highest BCUT2D eigenvalue weighted by Gasteiger charge is 2.35. The molecule has 1 atom stereocenters. The lowest BCUT2D eigenvalue weighted by atomic mass is 9.80. The molecule has 3 rings (SSSR count). The molecule has 2 aromatic rings. The smallest absolute Gasteiger partial charge is 0.339 e. The molecule has 0 spiro atoms. The summed E-state index contributed by atoms with van der Waals surface area (Å²) in [4.78, 5) is 29.6. The summed E-state index contributed by atoms with van der Waals surface area (Å²) in [5, 5.41) is 0. The van der Waals surface area contributed by atoms with Gasteiger partial charge >= 0.3 is 11.9 Å². The van der Waals surface area contributed by atoms with Crippen LogP contribution < -0.4 is 0 Å². The minimum absolute atomic E-state index is 0.0845. The van der Waals surface area contributed by atoms with Crippen LogP contribution in [-0.2, 0) is 19.7 Å². The SMILES string of the molecule is CCCC/C=C\CCCCCCCCCCCC(=O)OC1CC(C)(C)c2cc(C#Cc3ccc(C(=O)OC)cn3)ccc2S1. The van der Waals surface area contributed by atoms with Crippen molar-refractivity contribution in [1.29, 1.82) is 0 Å². The summed E-state index contributed by atoms with van der Waals surface area (Å²) in [7, 11) is 1.35. The predicted octanol–water partition coefficient (Wildman–Crippen LogP) is 9.95. The van der Waals surface area contributed by atoms with E-state index in [1.54, 1.807) is 23.9 Å². The Bertz CT molecular complexity index is 1270. The standard InChI is InChI=1S/C38H51NO4S/c1-5-6-7-8-9-10-11-12-13-14-15-16-17-18-19-20-35(40)43-36-28-38(2,3)33-27-30(22-26-34(33)44-36)21-24-32-25-23-31(29-39-32)37(41)42-4/h8-9,22-23,25-27,29,36H,5-7,10-20,28H2,1-4H3/b9-8-. The molecule has 0 fully saturated rings. The average Bonchev–Trinajstić information content (AvgIpc) is 3.01.